The van der Waals surface area contributed by atoms with Crippen molar-refractivity contribution in [3.8, 4) is 0 Å². The number of hydrogen-bond acceptors (Lipinski definition) is 6. The molecule has 0 saturated carbocycles. The molecular formula is C20H20ClN5O3S. The number of nitro benzene ring substituents is 1. The fourth-order valence-corrected chi connectivity index (χ4v) is 4.07. The average Bonchev–Trinajstić information content (AvgIpc) is 3.08. The van der Waals surface area contributed by atoms with E-state index in [1.807, 2.05) is 55.8 Å². The highest BCUT2D eigenvalue weighted by Gasteiger charge is 2.26. The zero-order valence-corrected chi connectivity index (χ0v) is 18.1. The lowest BCUT2D eigenvalue weighted by Crippen LogP contribution is -2.19. The molecule has 0 bridgehead atoms. The Morgan fingerprint density at radius 1 is 1.20 bits per heavy atom. The lowest BCUT2D eigenvalue weighted by atomic mass is 10.1. The highest BCUT2D eigenvalue weighted by molar-refractivity contribution is 8.00. The van der Waals surface area contributed by atoms with Crippen LogP contribution in [0.3, 0.4) is 0 Å². The number of nitro groups is 1. The van der Waals surface area contributed by atoms with Crippen molar-refractivity contribution in [1.82, 2.24) is 14.8 Å². The molecule has 8 nitrogen and oxygen atoms in total. The predicted octanol–water partition coefficient (Wildman–Crippen LogP) is 4.97. The molecule has 0 radical (unpaired) electrons. The number of hydrogen-bond donors (Lipinski definition) is 1. The van der Waals surface area contributed by atoms with Crippen molar-refractivity contribution in [2.75, 3.05) is 5.32 Å². The van der Waals surface area contributed by atoms with Crippen molar-refractivity contribution >= 4 is 40.6 Å². The minimum absolute atomic E-state index is 0.00674. The lowest BCUT2D eigenvalue weighted by molar-refractivity contribution is -0.384. The first-order chi connectivity index (χ1) is 14.3. The van der Waals surface area contributed by atoms with E-state index in [1.165, 1.54) is 30.0 Å². The number of nitrogens with zero attached hydrogens (tertiary/aromatic N) is 4. The number of halogens is 1. The van der Waals surface area contributed by atoms with Gasteiger partial charge in [-0.05, 0) is 17.7 Å². The van der Waals surface area contributed by atoms with Crippen LogP contribution in [-0.4, -0.2) is 25.6 Å². The van der Waals surface area contributed by atoms with Gasteiger partial charge >= 0.3 is 0 Å². The fourth-order valence-electron chi connectivity index (χ4n) is 2.88. The Morgan fingerprint density at radius 2 is 1.90 bits per heavy atom. The van der Waals surface area contributed by atoms with Crippen molar-refractivity contribution in [3.63, 3.8) is 0 Å². The smallest absolute Gasteiger partial charge is 0.289 e. The van der Waals surface area contributed by atoms with Crippen LogP contribution in [0.4, 0.5) is 11.4 Å². The van der Waals surface area contributed by atoms with Crippen LogP contribution >= 0.6 is 23.4 Å². The van der Waals surface area contributed by atoms with Crippen molar-refractivity contribution in [3.05, 3.63) is 75.1 Å². The first-order valence-electron chi connectivity index (χ1n) is 9.13. The van der Waals surface area contributed by atoms with Crippen molar-refractivity contribution < 1.29 is 9.72 Å². The number of benzene rings is 2. The van der Waals surface area contributed by atoms with Crippen LogP contribution in [0.2, 0.25) is 5.02 Å². The summed E-state index contributed by atoms with van der Waals surface area (Å²) in [4.78, 5) is 23.7. The number of amides is 1. The normalized spacial score (nSPS) is 12.0. The summed E-state index contributed by atoms with van der Waals surface area (Å²) in [6.07, 6.45) is 0. The molecule has 1 N–H and O–H groups in total. The van der Waals surface area contributed by atoms with Gasteiger partial charge in [0.1, 0.15) is 16.1 Å². The SMILES string of the molecule is CC(C)c1nnc(SC(C(=O)Nc2ccc(Cl)c([N+](=O)[O-])c2)c2ccccc2)n1C. The molecule has 0 spiro atoms. The second-order valence-corrected chi connectivity index (χ2v) is 8.36. The Bertz CT molecular complexity index is 1070. The maximum Gasteiger partial charge on any atom is 0.289 e. The van der Waals surface area contributed by atoms with Gasteiger partial charge in [-0.3, -0.25) is 14.9 Å². The molecule has 3 aromatic rings. The Labute approximate surface area is 182 Å². The number of carbonyl (C=O) groups is 1. The third-order valence-corrected chi connectivity index (χ3v) is 5.97. The van der Waals surface area contributed by atoms with Crippen molar-refractivity contribution in [2.45, 2.75) is 30.2 Å². The molecule has 0 aliphatic carbocycles. The number of rotatable bonds is 7. The zero-order valence-electron chi connectivity index (χ0n) is 16.6. The lowest BCUT2D eigenvalue weighted by Gasteiger charge is -2.17. The van der Waals surface area contributed by atoms with E-state index in [-0.39, 0.29) is 22.5 Å². The second-order valence-electron chi connectivity index (χ2n) is 6.88. The molecule has 30 heavy (non-hydrogen) atoms. The van der Waals surface area contributed by atoms with Crippen molar-refractivity contribution in [2.24, 2.45) is 7.05 Å². The van der Waals surface area contributed by atoms with Crippen LogP contribution in [-0.2, 0) is 11.8 Å². The summed E-state index contributed by atoms with van der Waals surface area (Å²) in [6.45, 7) is 4.04. The van der Waals surface area contributed by atoms with Gasteiger partial charge in [0.05, 0.1) is 4.92 Å². The van der Waals surface area contributed by atoms with E-state index in [2.05, 4.69) is 15.5 Å². The van der Waals surface area contributed by atoms with E-state index in [9.17, 15) is 14.9 Å². The Hall–Kier alpha value is -2.91. The number of thioether (sulfide) groups is 1. The monoisotopic (exact) mass is 445 g/mol. The fraction of sp³-hybridized carbons (Fsp3) is 0.250. The molecule has 1 heterocycles. The summed E-state index contributed by atoms with van der Waals surface area (Å²) in [7, 11) is 1.86. The van der Waals surface area contributed by atoms with Crippen LogP contribution in [0.1, 0.15) is 36.4 Å². The molecule has 156 valence electrons. The standard InChI is InChI=1S/C20H20ClN5O3S/c1-12(2)18-23-24-20(25(18)3)30-17(13-7-5-4-6-8-13)19(27)22-14-9-10-15(21)16(11-14)26(28)29/h4-12,17H,1-3H3,(H,22,27). The molecule has 0 fully saturated rings. The van der Waals surface area contributed by atoms with Gasteiger partial charge in [-0.1, -0.05) is 67.5 Å². The van der Waals surface area contributed by atoms with Crippen molar-refractivity contribution in [1.29, 1.82) is 0 Å². The molecule has 1 atom stereocenters. The van der Waals surface area contributed by atoms with Gasteiger partial charge in [0, 0.05) is 24.7 Å². The van der Waals surface area contributed by atoms with E-state index in [1.54, 1.807) is 0 Å². The summed E-state index contributed by atoms with van der Waals surface area (Å²) < 4.78 is 1.87. The van der Waals surface area contributed by atoms with Gasteiger partial charge in [0.25, 0.3) is 5.69 Å². The molecule has 10 heteroatoms. The van der Waals surface area contributed by atoms with Crippen LogP contribution in [0, 0.1) is 10.1 Å². The minimum Gasteiger partial charge on any atom is -0.325 e. The molecule has 1 aromatic heterocycles. The number of carbonyl (C=O) groups excluding carboxylic acids is 1. The maximum atomic E-state index is 13.1. The quantitative estimate of drug-likeness (QED) is 0.313. The summed E-state index contributed by atoms with van der Waals surface area (Å²) in [5, 5.41) is 22.3. The summed E-state index contributed by atoms with van der Waals surface area (Å²) in [5.41, 5.74) is 0.796. The van der Waals surface area contributed by atoms with Gasteiger partial charge in [0.15, 0.2) is 5.16 Å². The van der Waals surface area contributed by atoms with Crippen LogP contribution in [0.5, 0.6) is 0 Å². The van der Waals surface area contributed by atoms with Gasteiger partial charge in [-0.15, -0.1) is 10.2 Å². The van der Waals surface area contributed by atoms with Gasteiger partial charge in [0.2, 0.25) is 5.91 Å². The highest BCUT2D eigenvalue weighted by atomic mass is 35.5. The molecule has 1 unspecified atom stereocenters. The zero-order chi connectivity index (χ0) is 21.8. The number of aromatic nitrogens is 3. The van der Waals surface area contributed by atoms with E-state index in [0.717, 1.165) is 11.4 Å². The molecule has 0 aliphatic heterocycles. The molecule has 1 amide bonds. The first kappa shape index (κ1) is 21.8. The number of anilines is 1. The van der Waals surface area contributed by atoms with E-state index < -0.39 is 10.2 Å². The minimum atomic E-state index is -0.635. The Morgan fingerprint density at radius 3 is 2.50 bits per heavy atom. The third-order valence-electron chi connectivity index (χ3n) is 4.36. The maximum absolute atomic E-state index is 13.1. The average molecular weight is 446 g/mol. The van der Waals surface area contributed by atoms with E-state index >= 15 is 0 Å². The van der Waals surface area contributed by atoms with Crippen LogP contribution < -0.4 is 5.32 Å². The second kappa shape index (κ2) is 9.27. The van der Waals surface area contributed by atoms with E-state index in [0.29, 0.717) is 10.8 Å². The van der Waals surface area contributed by atoms with Gasteiger partial charge < -0.3 is 9.88 Å². The molecule has 3 rings (SSSR count). The third kappa shape index (κ3) is 4.80. The summed E-state index contributed by atoms with van der Waals surface area (Å²) in [6, 6.07) is 13.4. The van der Waals surface area contributed by atoms with Crippen LogP contribution in [0.25, 0.3) is 0 Å². The van der Waals surface area contributed by atoms with Crippen LogP contribution in [0.15, 0.2) is 53.7 Å². The van der Waals surface area contributed by atoms with E-state index in [4.69, 9.17) is 11.6 Å². The highest BCUT2D eigenvalue weighted by Crippen LogP contribution is 2.36. The molecule has 0 saturated heterocycles. The van der Waals surface area contributed by atoms with Gasteiger partial charge in [-0.25, -0.2) is 0 Å². The topological polar surface area (TPSA) is 103 Å². The number of nitrogens with one attached hydrogen (secondary N) is 1. The summed E-state index contributed by atoms with van der Waals surface area (Å²) >= 11 is 7.13. The predicted molar refractivity (Wildman–Crippen MR) is 117 cm³/mol. The Kier molecular flexibility index (Phi) is 6.73. The van der Waals surface area contributed by atoms with Gasteiger partial charge in [-0.2, -0.15) is 0 Å². The molecule has 0 aliphatic rings. The largest absolute Gasteiger partial charge is 0.325 e. The summed E-state index contributed by atoms with van der Waals surface area (Å²) in [5.74, 6) is 0.672. The first-order valence-corrected chi connectivity index (χ1v) is 10.4. The molecular weight excluding hydrogens is 426 g/mol. The molecule has 2 aromatic carbocycles. The Balaban J connectivity index is 1.91.